The zero-order valence-corrected chi connectivity index (χ0v) is 12.8. The molecule has 8 heteroatoms. The van der Waals surface area contributed by atoms with Crippen molar-refractivity contribution in [2.24, 2.45) is 12.8 Å². The molecule has 4 N–H and O–H groups in total. The number of aromatic nitrogens is 5. The molecule has 8 nitrogen and oxygen atoms in total. The van der Waals surface area contributed by atoms with E-state index in [1.165, 1.54) is 0 Å². The summed E-state index contributed by atoms with van der Waals surface area (Å²) in [5.41, 5.74) is 7.63. The molecule has 0 atom stereocenters. The van der Waals surface area contributed by atoms with Crippen LogP contribution in [-0.2, 0) is 7.05 Å². The molecule has 0 unspecified atom stereocenters. The number of hydrogen-bond acceptors (Lipinski definition) is 7. The van der Waals surface area contributed by atoms with Gasteiger partial charge in [-0.1, -0.05) is 0 Å². The Morgan fingerprint density at radius 2 is 2.17 bits per heavy atom. The van der Waals surface area contributed by atoms with Crippen LogP contribution in [0, 0.1) is 0 Å². The van der Waals surface area contributed by atoms with E-state index < -0.39 is 0 Å². The largest absolute Gasteiger partial charge is 0.352 e. The first-order valence-corrected chi connectivity index (χ1v) is 7.53. The highest BCUT2D eigenvalue weighted by Crippen LogP contribution is 2.32. The molecule has 0 radical (unpaired) electrons. The van der Waals surface area contributed by atoms with Gasteiger partial charge in [-0.2, -0.15) is 15.1 Å². The third kappa shape index (κ3) is 2.80. The van der Waals surface area contributed by atoms with E-state index in [9.17, 15) is 0 Å². The molecule has 0 spiro atoms. The van der Waals surface area contributed by atoms with Crippen LogP contribution >= 0.6 is 0 Å². The lowest BCUT2D eigenvalue weighted by molar-refractivity contribution is 0.708. The summed E-state index contributed by atoms with van der Waals surface area (Å²) in [4.78, 5) is 13.2. The molecule has 118 valence electrons. The Morgan fingerprint density at radius 1 is 1.30 bits per heavy atom. The van der Waals surface area contributed by atoms with Crippen molar-refractivity contribution in [2.75, 3.05) is 17.2 Å². The highest BCUT2D eigenvalue weighted by Gasteiger charge is 2.38. The van der Waals surface area contributed by atoms with E-state index in [2.05, 4.69) is 30.7 Å². The van der Waals surface area contributed by atoms with E-state index in [4.69, 9.17) is 5.73 Å². The summed E-state index contributed by atoms with van der Waals surface area (Å²) >= 11 is 0. The third-order valence-corrected chi connectivity index (χ3v) is 4.01. The van der Waals surface area contributed by atoms with Crippen LogP contribution < -0.4 is 16.4 Å². The monoisotopic (exact) mass is 310 g/mol. The molecular formula is C15H18N8. The number of fused-ring (bicyclic) bond motifs is 1. The van der Waals surface area contributed by atoms with Gasteiger partial charge in [0.25, 0.3) is 0 Å². The molecule has 3 aromatic rings. The molecule has 3 heterocycles. The van der Waals surface area contributed by atoms with Crippen LogP contribution in [0.4, 0.5) is 17.5 Å². The first-order chi connectivity index (χ1) is 11.1. The van der Waals surface area contributed by atoms with Gasteiger partial charge in [-0.25, -0.2) is 0 Å². The van der Waals surface area contributed by atoms with Crippen molar-refractivity contribution in [3.63, 3.8) is 0 Å². The Balaban J connectivity index is 1.69. The molecule has 0 aliphatic heterocycles. The van der Waals surface area contributed by atoms with Gasteiger partial charge in [0, 0.05) is 25.3 Å². The lowest BCUT2D eigenvalue weighted by Gasteiger charge is -2.12. The average Bonchev–Trinajstić information content (AvgIpc) is 3.18. The summed E-state index contributed by atoms with van der Waals surface area (Å²) in [5, 5.41) is 11.6. The van der Waals surface area contributed by atoms with Crippen LogP contribution in [0.15, 0.2) is 30.7 Å². The molecule has 0 bridgehead atoms. The van der Waals surface area contributed by atoms with Crippen LogP contribution in [0.1, 0.15) is 12.8 Å². The fourth-order valence-corrected chi connectivity index (χ4v) is 2.36. The fraction of sp³-hybridized carbons (Fsp3) is 0.333. The molecule has 1 fully saturated rings. The van der Waals surface area contributed by atoms with Gasteiger partial charge in [0.15, 0.2) is 5.65 Å². The van der Waals surface area contributed by atoms with E-state index in [1.54, 1.807) is 23.3 Å². The van der Waals surface area contributed by atoms with E-state index >= 15 is 0 Å². The summed E-state index contributed by atoms with van der Waals surface area (Å²) in [5.74, 6) is 1.24. The second kappa shape index (κ2) is 5.17. The molecular weight excluding hydrogens is 292 g/mol. The maximum atomic E-state index is 6.12. The fourth-order valence-electron chi connectivity index (χ4n) is 2.36. The number of hydrogen-bond donors (Lipinski definition) is 3. The topological polar surface area (TPSA) is 107 Å². The molecule has 4 rings (SSSR count). The van der Waals surface area contributed by atoms with Gasteiger partial charge in [0.05, 0.1) is 23.5 Å². The minimum absolute atomic E-state index is 0.109. The van der Waals surface area contributed by atoms with Crippen LogP contribution in [-0.4, -0.2) is 36.8 Å². The van der Waals surface area contributed by atoms with Crippen molar-refractivity contribution in [3.8, 4) is 0 Å². The van der Waals surface area contributed by atoms with Crippen molar-refractivity contribution >= 4 is 28.5 Å². The number of rotatable bonds is 5. The van der Waals surface area contributed by atoms with Crippen molar-refractivity contribution in [1.82, 2.24) is 24.7 Å². The van der Waals surface area contributed by atoms with Crippen LogP contribution in [0.2, 0.25) is 0 Å². The van der Waals surface area contributed by atoms with E-state index in [1.807, 2.05) is 19.2 Å². The summed E-state index contributed by atoms with van der Waals surface area (Å²) in [6.07, 6.45) is 7.30. The number of pyridine rings is 1. The number of nitrogens with one attached hydrogen (secondary N) is 2. The predicted octanol–water partition coefficient (Wildman–Crippen LogP) is 1.41. The Morgan fingerprint density at radius 3 is 2.91 bits per heavy atom. The van der Waals surface area contributed by atoms with Crippen LogP contribution in [0.25, 0.3) is 11.0 Å². The van der Waals surface area contributed by atoms with Gasteiger partial charge >= 0.3 is 0 Å². The van der Waals surface area contributed by atoms with Gasteiger partial charge in [0.1, 0.15) is 5.82 Å². The van der Waals surface area contributed by atoms with Crippen LogP contribution in [0.5, 0.6) is 0 Å². The highest BCUT2D eigenvalue weighted by atomic mass is 15.3. The highest BCUT2D eigenvalue weighted by molar-refractivity contribution is 5.89. The Bertz CT molecular complexity index is 837. The zero-order chi connectivity index (χ0) is 15.9. The van der Waals surface area contributed by atoms with Crippen molar-refractivity contribution in [1.29, 1.82) is 0 Å². The van der Waals surface area contributed by atoms with Gasteiger partial charge in [-0.3, -0.25) is 9.67 Å². The van der Waals surface area contributed by atoms with Gasteiger partial charge in [0.2, 0.25) is 5.95 Å². The first kappa shape index (κ1) is 13.9. The third-order valence-electron chi connectivity index (χ3n) is 4.01. The number of anilines is 3. The number of nitrogens with two attached hydrogens (primary N) is 1. The van der Waals surface area contributed by atoms with Gasteiger partial charge in [-0.05, 0) is 25.0 Å². The second-order valence-corrected chi connectivity index (χ2v) is 5.98. The number of nitrogens with zero attached hydrogens (tertiary/aromatic N) is 5. The molecule has 0 amide bonds. The first-order valence-electron chi connectivity index (χ1n) is 7.53. The molecule has 0 aromatic carbocycles. The van der Waals surface area contributed by atoms with E-state index in [0.29, 0.717) is 18.3 Å². The molecule has 23 heavy (non-hydrogen) atoms. The minimum atomic E-state index is -0.109. The lowest BCUT2D eigenvalue weighted by Crippen LogP contribution is -2.31. The lowest BCUT2D eigenvalue weighted by atomic mass is 10.3. The van der Waals surface area contributed by atoms with Gasteiger partial charge < -0.3 is 16.4 Å². The van der Waals surface area contributed by atoms with E-state index in [0.717, 1.165) is 29.6 Å². The standard InChI is InChI=1S/C15H18N8/c1-23-13-11(8-19-23)12(20-10-3-2-6-17-7-10)21-14(22-13)18-9-15(16)4-5-15/h2-3,6-8H,4-5,9,16H2,1H3,(H2,18,20,21,22). The Kier molecular flexibility index (Phi) is 3.12. The maximum Gasteiger partial charge on any atom is 0.226 e. The Hall–Kier alpha value is -2.74. The predicted molar refractivity (Wildman–Crippen MR) is 88.5 cm³/mol. The number of aryl methyl sites for hydroxylation is 1. The smallest absolute Gasteiger partial charge is 0.226 e. The summed E-state index contributed by atoms with van der Waals surface area (Å²) in [6, 6.07) is 3.80. The molecule has 0 saturated heterocycles. The summed E-state index contributed by atoms with van der Waals surface area (Å²) in [7, 11) is 1.86. The van der Waals surface area contributed by atoms with Crippen molar-refractivity contribution in [3.05, 3.63) is 30.7 Å². The SMILES string of the molecule is Cn1ncc2c(Nc3cccnc3)nc(NCC3(N)CC3)nc21. The zero-order valence-electron chi connectivity index (χ0n) is 12.8. The van der Waals surface area contributed by atoms with E-state index in [-0.39, 0.29) is 5.54 Å². The Labute approximate surface area is 133 Å². The summed E-state index contributed by atoms with van der Waals surface area (Å²) < 4.78 is 1.73. The molecule has 1 saturated carbocycles. The van der Waals surface area contributed by atoms with Crippen molar-refractivity contribution in [2.45, 2.75) is 18.4 Å². The molecule has 3 aromatic heterocycles. The normalized spacial score (nSPS) is 15.6. The quantitative estimate of drug-likeness (QED) is 0.654. The van der Waals surface area contributed by atoms with Crippen molar-refractivity contribution < 1.29 is 0 Å². The van der Waals surface area contributed by atoms with Gasteiger partial charge in [-0.15, -0.1) is 0 Å². The summed E-state index contributed by atoms with van der Waals surface area (Å²) in [6.45, 7) is 0.669. The van der Waals surface area contributed by atoms with Crippen LogP contribution in [0.3, 0.4) is 0 Å². The maximum absolute atomic E-state index is 6.12. The molecule has 1 aliphatic rings. The minimum Gasteiger partial charge on any atom is -0.352 e. The molecule has 1 aliphatic carbocycles. The average molecular weight is 310 g/mol. The second-order valence-electron chi connectivity index (χ2n) is 5.98.